The number of Topliss-reactive ketones (excluding diaryl/α,β-unsaturated/α-hetero) is 2. The van der Waals surface area contributed by atoms with Crippen LogP contribution in [-0.2, 0) is 85.8 Å². The molecule has 2 N–H and O–H groups in total. The number of fused-ring (bicyclic) bond motifs is 7. The summed E-state index contributed by atoms with van der Waals surface area (Å²) in [4.78, 5) is 117. The summed E-state index contributed by atoms with van der Waals surface area (Å²) in [6.07, 6.45) is 37.4. The molecular weight excluding hydrogens is 1500 g/mol. The van der Waals surface area contributed by atoms with Gasteiger partial charge in [-0.1, -0.05) is 60.4 Å². The van der Waals surface area contributed by atoms with E-state index >= 15 is 0 Å². The van der Waals surface area contributed by atoms with Gasteiger partial charge < -0.3 is 45.0 Å². The molecule has 1 unspecified atom stereocenters. The van der Waals surface area contributed by atoms with E-state index in [2.05, 4.69) is 47.8 Å². The van der Waals surface area contributed by atoms with Gasteiger partial charge in [-0.3, -0.25) is 38.4 Å². The van der Waals surface area contributed by atoms with E-state index in [1.807, 2.05) is 84.2 Å². The molecule has 1 aliphatic heterocycles. The van der Waals surface area contributed by atoms with Gasteiger partial charge in [-0.25, -0.2) is 0 Å². The molecule has 8 saturated carbocycles. The van der Waals surface area contributed by atoms with Crippen LogP contribution in [0.3, 0.4) is 0 Å². The van der Waals surface area contributed by atoms with Crippen LogP contribution in [0.1, 0.15) is 159 Å². The number of aliphatic hydroxyl groups excluding tert-OH is 1. The summed E-state index contributed by atoms with van der Waals surface area (Å²) >= 11 is 6.72. The Labute approximate surface area is 686 Å². The van der Waals surface area contributed by atoms with Crippen molar-refractivity contribution in [3.05, 3.63) is 91.1 Å². The molecule has 14 aliphatic rings. The average molecular weight is 1620 g/mol. The largest absolute Gasteiger partial charge is 1.00 e. The van der Waals surface area contributed by atoms with Gasteiger partial charge in [-0.2, -0.15) is 0 Å². The Balaban J connectivity index is 0.000000201. The number of aliphatic hydroxyl groups is 1. The van der Waals surface area contributed by atoms with E-state index in [9.17, 15) is 53.1 Å². The number of thioether (sulfide) groups is 1. The SMILES string of the molecule is CCOC(=O)[C@H]1CC[C@@H]2C(=O)C([Se]c3ccccc3)C[C@H]12.CCOC(=O)[C@H]1CC[C@@H]2C(=O)C=C[C@@H]21.CCOC(=O)[C@H]1CC[C@@H]2C(=O)CC[C@@H]21.CCOC(=O)[C@H]1CC[C@@H]2CC=C[C@@H]21.CCOC(=O)[C@H]1CC[C@H]2[C@@H]1C=C[C@H]2O.CCOC(=O)[C@H]1CC[C@H]2[C@@H]1C=C[C@H]2OC(=S)SC.CCOC(=O)[C@H]1NC[C@@H]2CC=C[C@@H]21.[B].[H-].[Na+]. The van der Waals surface area contributed by atoms with Gasteiger partial charge >= 0.3 is 197 Å². The van der Waals surface area contributed by atoms with Gasteiger partial charge in [0.25, 0.3) is 0 Å². The van der Waals surface area contributed by atoms with Crippen molar-refractivity contribution >= 4 is 115 Å². The van der Waals surface area contributed by atoms with Crippen molar-refractivity contribution < 1.29 is 122 Å². The summed E-state index contributed by atoms with van der Waals surface area (Å²) in [5, 5.41) is 12.8. The number of thiocarbonyl (C=S) groups is 1. The fourth-order valence-corrected chi connectivity index (χ4v) is 22.4. The van der Waals surface area contributed by atoms with Crippen molar-refractivity contribution in [3.8, 4) is 0 Å². The average Bonchev–Trinajstić information content (AvgIpc) is 1.61. The molecular formula is C84H116BNNaO19S2Se. The van der Waals surface area contributed by atoms with Gasteiger partial charge in [-0.05, 0) is 204 Å². The molecule has 0 amide bonds. The molecule has 1 saturated heterocycles. The molecule has 9 fully saturated rings. The van der Waals surface area contributed by atoms with E-state index in [4.69, 9.17) is 50.1 Å². The van der Waals surface area contributed by atoms with Gasteiger partial charge in [0.1, 0.15) is 17.9 Å². The predicted molar refractivity (Wildman–Crippen MR) is 417 cm³/mol. The first-order chi connectivity index (χ1) is 51.7. The number of nitrogens with one attached hydrogen (secondary N) is 1. The molecule has 15 rings (SSSR count). The smallest absolute Gasteiger partial charge is 1.00 e. The van der Waals surface area contributed by atoms with Crippen molar-refractivity contribution in [3.63, 3.8) is 0 Å². The van der Waals surface area contributed by atoms with Crippen LogP contribution < -0.4 is 39.3 Å². The minimum absolute atomic E-state index is 0. The van der Waals surface area contributed by atoms with Crippen LogP contribution >= 0.6 is 24.0 Å². The fraction of sp³-hybridized carbons (Fsp3) is 0.679. The van der Waals surface area contributed by atoms with E-state index in [1.165, 1.54) is 29.1 Å². The predicted octanol–water partition coefficient (Wildman–Crippen LogP) is 8.39. The minimum atomic E-state index is -0.348. The van der Waals surface area contributed by atoms with Gasteiger partial charge in [0.05, 0.1) is 75.3 Å². The van der Waals surface area contributed by atoms with E-state index in [0.717, 1.165) is 102 Å². The second kappa shape index (κ2) is 45.2. The van der Waals surface area contributed by atoms with Gasteiger partial charge in [0, 0.05) is 44.4 Å². The second-order valence-corrected chi connectivity index (χ2v) is 34.2. The Hall–Kier alpha value is -5.04. The monoisotopic (exact) mass is 1620 g/mol. The second-order valence-electron chi connectivity index (χ2n) is 30.1. The molecule has 20 nitrogen and oxygen atoms in total. The first-order valence-corrected chi connectivity index (χ1v) is 43.2. The number of carbonyl (C=O) groups is 10. The zero-order valence-electron chi connectivity index (χ0n) is 66.3. The molecule has 1 heterocycles. The molecule has 13 aliphatic carbocycles. The third-order valence-corrected chi connectivity index (χ3v) is 28.1. The minimum Gasteiger partial charge on any atom is -1.00 e. The molecule has 0 bridgehead atoms. The van der Waals surface area contributed by atoms with Crippen LogP contribution in [0.5, 0.6) is 0 Å². The maximum atomic E-state index is 12.6. The standard InChI is InChI=1S/C17H20O3Se.C13H18O3S2.2C11H16O3.C11H14O3.C11H16O2.C10H15NO2.B.Na.H/c1-2-20-17(19)13-9-8-12-14(13)10-15(16(12)18)21-11-6-4-3-5-7-11;1-3-15-12(14)10-5-4-9-8(10)6-7-11(9)16-13(17)18-2;3*1-2-14-11(13)9-4-3-8-7(9)5-6-10(8)12;1-2-13-11(12)10-7-6-8-4-3-5-9(8)10;1-2-13-10(12)9-8-5-3-4-7(8)6-11-9;;;/h3-7,12-15H,2,8-10H2,1H3;6-11H,3-5H2,1-2H3;7-9H,2-6H2,1H3;5-10,12H,2-4H2,1H3;5-9H,2-4H2,1H3;3,5,8-10H,2,4,6-7H2,1H3;3,5,7-9,11H,2,4,6H2,1H3;;;/q;;;;;;;;+1;-1/t12-,13-,14-,15?;8-,9-,10-,11+;7-,8-,9-;7-,8-,9-,10+;7-,8-,9-;8-,9-,10-;7-,8-,9-;;;/m0000000.../s1. The normalized spacial score (nSPS) is 34.3. The molecule has 0 aromatic heterocycles. The number of ketones is 3. The van der Waals surface area contributed by atoms with Gasteiger partial charge in [0.2, 0.25) is 4.38 Å². The van der Waals surface area contributed by atoms with Crippen molar-refractivity contribution in [1.82, 2.24) is 5.32 Å². The summed E-state index contributed by atoms with van der Waals surface area (Å²) in [5.41, 5.74) is 0. The van der Waals surface area contributed by atoms with Crippen molar-refractivity contribution in [2.45, 2.75) is 181 Å². The van der Waals surface area contributed by atoms with Gasteiger partial charge in [-0.15, -0.1) is 0 Å². The van der Waals surface area contributed by atoms with E-state index in [0.29, 0.717) is 98.2 Å². The van der Waals surface area contributed by atoms with Crippen LogP contribution in [-0.4, -0.2) is 169 Å². The molecule has 1 aromatic rings. The number of benzene rings is 1. The third kappa shape index (κ3) is 23.1. The molecule has 1 aromatic carbocycles. The first kappa shape index (κ1) is 91.1. The van der Waals surface area contributed by atoms with Crippen LogP contribution in [0.25, 0.3) is 0 Å². The zero-order valence-corrected chi connectivity index (χ0v) is 70.6. The Kier molecular flexibility index (Phi) is 37.8. The van der Waals surface area contributed by atoms with Crippen molar-refractivity contribution in [2.75, 3.05) is 59.0 Å². The summed E-state index contributed by atoms with van der Waals surface area (Å²) in [6.45, 7) is 17.0. The maximum Gasteiger partial charge on any atom is 1.00 e. The van der Waals surface area contributed by atoms with Crippen LogP contribution in [0.2, 0.25) is 4.82 Å². The number of hydrogen-bond donors (Lipinski definition) is 2. The topological polar surface area (TPSA) is 277 Å². The molecule has 24 atom stereocenters. The third-order valence-electron chi connectivity index (χ3n) is 24.4. The Bertz CT molecular complexity index is 3370. The Morgan fingerprint density at radius 1 is 0.495 bits per heavy atom. The summed E-state index contributed by atoms with van der Waals surface area (Å²) < 4.78 is 43.0. The van der Waals surface area contributed by atoms with Crippen molar-refractivity contribution in [2.24, 2.45) is 118 Å². The molecule has 3 radical (unpaired) electrons. The molecule has 109 heavy (non-hydrogen) atoms. The van der Waals surface area contributed by atoms with Crippen molar-refractivity contribution in [1.29, 1.82) is 0 Å². The van der Waals surface area contributed by atoms with Crippen LogP contribution in [0.4, 0.5) is 0 Å². The van der Waals surface area contributed by atoms with Gasteiger partial charge in [0.15, 0.2) is 5.78 Å². The number of rotatable bonds is 17. The van der Waals surface area contributed by atoms with E-state index in [1.54, 1.807) is 19.1 Å². The Morgan fingerprint density at radius 2 is 0.963 bits per heavy atom. The maximum absolute atomic E-state index is 12.6. The quantitative estimate of drug-likeness (QED) is 0.0487. The molecule has 0 spiro atoms. The van der Waals surface area contributed by atoms with E-state index in [-0.39, 0.29) is 208 Å². The zero-order chi connectivity index (χ0) is 76.8. The molecule has 25 heteroatoms. The number of carbonyl (C=O) groups excluding carboxylic acids is 10. The van der Waals surface area contributed by atoms with Crippen LogP contribution in [0, 0.1) is 118 Å². The number of allylic oxidation sites excluding steroid dienone is 7. The van der Waals surface area contributed by atoms with Crippen LogP contribution in [0.15, 0.2) is 91.1 Å². The Morgan fingerprint density at radius 3 is 1.55 bits per heavy atom. The summed E-state index contributed by atoms with van der Waals surface area (Å²) in [5.74, 6) is 4.69. The fourth-order valence-electron chi connectivity index (χ4n) is 19.4. The molecule has 593 valence electrons. The number of esters is 7. The van der Waals surface area contributed by atoms with E-state index < -0.39 is 0 Å². The number of ether oxygens (including phenoxy) is 8. The number of hydrogen-bond acceptors (Lipinski definition) is 22. The summed E-state index contributed by atoms with van der Waals surface area (Å²) in [6, 6.07) is 10.2. The first-order valence-electron chi connectivity index (χ1n) is 39.8. The summed E-state index contributed by atoms with van der Waals surface area (Å²) in [7, 11) is 0.